The first-order chi connectivity index (χ1) is 16.8. The van der Waals surface area contributed by atoms with Gasteiger partial charge in [0.2, 0.25) is 5.82 Å². The number of hydrogen-bond acceptors (Lipinski definition) is 3. The van der Waals surface area contributed by atoms with Crippen LogP contribution in [-0.4, -0.2) is 22.9 Å². The summed E-state index contributed by atoms with van der Waals surface area (Å²) in [4.78, 5) is 9.22. The molecule has 1 aliphatic rings. The molecular formula is C27H46F2NO4P. The summed E-state index contributed by atoms with van der Waals surface area (Å²) in [6.07, 6.45) is 15.3. The van der Waals surface area contributed by atoms with E-state index in [4.69, 9.17) is 9.94 Å². The van der Waals surface area contributed by atoms with Gasteiger partial charge in [0.1, 0.15) is 0 Å². The fourth-order valence-electron chi connectivity index (χ4n) is 5.39. The normalized spacial score (nSPS) is 20.1. The van der Waals surface area contributed by atoms with E-state index in [0.717, 1.165) is 88.5 Å². The molecule has 1 aromatic rings. The second-order valence-electron chi connectivity index (χ2n) is 10.3. The van der Waals surface area contributed by atoms with Crippen molar-refractivity contribution in [2.75, 3.05) is 12.8 Å². The van der Waals surface area contributed by atoms with Crippen LogP contribution in [0.2, 0.25) is 0 Å². The van der Waals surface area contributed by atoms with Crippen molar-refractivity contribution < 1.29 is 28.2 Å². The van der Waals surface area contributed by atoms with Gasteiger partial charge in [0, 0.05) is 6.16 Å². The monoisotopic (exact) mass is 517 g/mol. The first-order valence-electron chi connectivity index (χ1n) is 13.6. The molecule has 1 aromatic carbocycles. The van der Waals surface area contributed by atoms with Gasteiger partial charge >= 0.3 is 0 Å². The lowest BCUT2D eigenvalue weighted by Gasteiger charge is -2.30. The van der Waals surface area contributed by atoms with Gasteiger partial charge in [-0.05, 0) is 74.5 Å². The van der Waals surface area contributed by atoms with E-state index in [0.29, 0.717) is 18.6 Å². The predicted octanol–water partition coefficient (Wildman–Crippen LogP) is 8.40. The van der Waals surface area contributed by atoms with E-state index in [2.05, 4.69) is 6.92 Å². The van der Waals surface area contributed by atoms with E-state index in [-0.39, 0.29) is 17.8 Å². The van der Waals surface area contributed by atoms with Crippen LogP contribution < -0.4 is 9.99 Å². The Morgan fingerprint density at radius 3 is 2.11 bits per heavy atom. The molecule has 0 aromatic heterocycles. The van der Waals surface area contributed by atoms with Crippen LogP contribution in [0.5, 0.6) is 5.75 Å². The molecule has 202 valence electrons. The third-order valence-electron chi connectivity index (χ3n) is 7.39. The Hall–Kier alpha value is -1.01. The summed E-state index contributed by atoms with van der Waals surface area (Å²) in [5.74, 6) is -0.675. The maximum absolute atomic E-state index is 15.0. The Balaban J connectivity index is 1.62. The predicted molar refractivity (Wildman–Crippen MR) is 137 cm³/mol. The van der Waals surface area contributed by atoms with Crippen LogP contribution in [0.1, 0.15) is 120 Å². The van der Waals surface area contributed by atoms with Crippen LogP contribution >= 0.6 is 7.52 Å². The summed E-state index contributed by atoms with van der Waals surface area (Å²) >= 11 is 0. The maximum Gasteiger partial charge on any atom is 0.289 e. The van der Waals surface area contributed by atoms with Gasteiger partial charge in [-0.2, -0.15) is 4.39 Å². The number of unbranched alkanes of at least 4 members (excludes halogenated alkanes) is 8. The minimum absolute atomic E-state index is 0.0345. The van der Waals surface area contributed by atoms with E-state index in [1.807, 2.05) is 6.92 Å². The number of benzene rings is 1. The highest BCUT2D eigenvalue weighted by Gasteiger charge is 2.28. The standard InChI is InChI=1S/C27H46F2NO4P/c1-3-13-22-14-16-23(17-15-22)25-21(2)20-24(26(28)27(25)29)34-18-11-9-7-5-4-6-8-10-12-19-35(32,33)30-31/h20,22-23,31H,3-19H2,1-2H3,(H2,30,32,33). The van der Waals surface area contributed by atoms with Gasteiger partial charge in [-0.25, -0.2) is 4.39 Å². The number of aryl methyl sites for hydroxylation is 1. The highest BCUT2D eigenvalue weighted by Crippen LogP contribution is 2.41. The molecule has 1 saturated carbocycles. The molecule has 0 amide bonds. The summed E-state index contributed by atoms with van der Waals surface area (Å²) in [7, 11) is -3.55. The van der Waals surface area contributed by atoms with Gasteiger partial charge < -0.3 is 14.8 Å². The van der Waals surface area contributed by atoms with E-state index in [1.54, 1.807) is 6.07 Å². The number of hydrogen-bond donors (Lipinski definition) is 3. The third kappa shape index (κ3) is 10.5. The number of halogens is 2. The fourth-order valence-corrected chi connectivity index (χ4v) is 6.14. The smallest absolute Gasteiger partial charge is 0.289 e. The first-order valence-corrected chi connectivity index (χ1v) is 15.5. The quantitative estimate of drug-likeness (QED) is 0.110. The SMILES string of the molecule is CCCC1CCC(c2c(C)cc(OCCCCCCCCCCCP(=O)(O)NO)c(F)c2F)CC1. The molecule has 0 heterocycles. The minimum Gasteiger partial charge on any atom is -0.490 e. The Morgan fingerprint density at radius 1 is 0.971 bits per heavy atom. The van der Waals surface area contributed by atoms with Crippen molar-refractivity contribution >= 4 is 7.52 Å². The van der Waals surface area contributed by atoms with Crippen LogP contribution in [0.3, 0.4) is 0 Å². The largest absolute Gasteiger partial charge is 0.490 e. The van der Waals surface area contributed by atoms with Crippen LogP contribution in [0.25, 0.3) is 0 Å². The average Bonchev–Trinajstić information content (AvgIpc) is 2.84. The van der Waals surface area contributed by atoms with Crippen LogP contribution in [0.15, 0.2) is 6.07 Å². The summed E-state index contributed by atoms with van der Waals surface area (Å²) in [5, 5.41) is 10.0. The molecule has 35 heavy (non-hydrogen) atoms. The average molecular weight is 518 g/mol. The van der Waals surface area contributed by atoms with Crippen molar-refractivity contribution in [1.29, 1.82) is 0 Å². The molecule has 0 radical (unpaired) electrons. The number of nitrogens with one attached hydrogen (secondary N) is 1. The van der Waals surface area contributed by atoms with Crippen molar-refractivity contribution in [2.24, 2.45) is 5.92 Å². The van der Waals surface area contributed by atoms with Crippen LogP contribution in [-0.2, 0) is 4.57 Å². The second-order valence-corrected chi connectivity index (χ2v) is 12.3. The van der Waals surface area contributed by atoms with Gasteiger partial charge in [0.25, 0.3) is 7.52 Å². The van der Waals surface area contributed by atoms with E-state index >= 15 is 0 Å². The Bertz CT molecular complexity index is 800. The topological polar surface area (TPSA) is 78.8 Å². The molecule has 0 spiro atoms. The Morgan fingerprint density at radius 2 is 1.54 bits per heavy atom. The zero-order chi connectivity index (χ0) is 25.7. The van der Waals surface area contributed by atoms with E-state index in [1.165, 1.54) is 18.1 Å². The zero-order valence-corrected chi connectivity index (χ0v) is 22.6. The van der Waals surface area contributed by atoms with Crippen molar-refractivity contribution in [2.45, 2.75) is 116 Å². The van der Waals surface area contributed by atoms with Crippen molar-refractivity contribution in [3.05, 3.63) is 28.8 Å². The second kappa shape index (κ2) is 16.0. The molecule has 0 saturated heterocycles. The lowest BCUT2D eigenvalue weighted by atomic mass is 9.76. The van der Waals surface area contributed by atoms with Crippen molar-refractivity contribution in [3.63, 3.8) is 0 Å². The lowest BCUT2D eigenvalue weighted by Crippen LogP contribution is -2.16. The maximum atomic E-state index is 15.0. The van der Waals surface area contributed by atoms with Crippen molar-refractivity contribution in [1.82, 2.24) is 5.25 Å². The van der Waals surface area contributed by atoms with E-state index in [9.17, 15) is 18.2 Å². The lowest BCUT2D eigenvalue weighted by molar-refractivity contribution is 0.222. The van der Waals surface area contributed by atoms with Crippen molar-refractivity contribution in [3.8, 4) is 5.75 Å². The molecule has 3 N–H and O–H groups in total. The van der Waals surface area contributed by atoms with Gasteiger partial charge in [0.15, 0.2) is 11.6 Å². The molecule has 0 bridgehead atoms. The molecule has 0 aliphatic heterocycles. The fraction of sp³-hybridized carbons (Fsp3) is 0.778. The number of rotatable bonds is 17. The highest BCUT2D eigenvalue weighted by atomic mass is 31.2. The summed E-state index contributed by atoms with van der Waals surface area (Å²) < 4.78 is 46.6. The molecule has 1 atom stereocenters. The third-order valence-corrected chi connectivity index (χ3v) is 8.62. The van der Waals surface area contributed by atoms with Gasteiger partial charge in [-0.15, -0.1) is 5.25 Å². The molecule has 5 nitrogen and oxygen atoms in total. The summed E-state index contributed by atoms with van der Waals surface area (Å²) in [6.45, 7) is 4.46. The molecule has 1 fully saturated rings. The van der Waals surface area contributed by atoms with Gasteiger partial charge in [-0.1, -0.05) is 64.7 Å². The molecule has 1 aliphatic carbocycles. The molecule has 2 rings (SSSR count). The Labute approximate surface area is 210 Å². The summed E-state index contributed by atoms with van der Waals surface area (Å²) in [5.41, 5.74) is 1.35. The highest BCUT2D eigenvalue weighted by molar-refractivity contribution is 7.55. The van der Waals surface area contributed by atoms with Crippen LogP contribution in [0.4, 0.5) is 8.78 Å². The minimum atomic E-state index is -3.55. The van der Waals surface area contributed by atoms with Gasteiger partial charge in [-0.3, -0.25) is 4.57 Å². The first kappa shape index (κ1) is 30.2. The Kier molecular flexibility index (Phi) is 13.8. The van der Waals surface area contributed by atoms with Gasteiger partial charge in [0.05, 0.1) is 6.61 Å². The molecule has 1 unspecified atom stereocenters. The zero-order valence-electron chi connectivity index (χ0n) is 21.7. The van der Waals surface area contributed by atoms with E-state index < -0.39 is 19.2 Å². The van der Waals surface area contributed by atoms with Crippen LogP contribution in [0, 0.1) is 24.5 Å². The summed E-state index contributed by atoms with van der Waals surface area (Å²) in [6, 6.07) is 1.68. The molecular weight excluding hydrogens is 471 g/mol. The number of ether oxygens (including phenoxy) is 1. The molecule has 8 heteroatoms.